The lowest BCUT2D eigenvalue weighted by Crippen LogP contribution is -2.58. The molecule has 13 rings (SSSR count). The molecule has 0 fully saturated rings. The summed E-state index contributed by atoms with van der Waals surface area (Å²) in [5.74, 6) is 0. The second kappa shape index (κ2) is 11.9. The van der Waals surface area contributed by atoms with Crippen LogP contribution in [-0.4, -0.2) is 11.3 Å². The summed E-state index contributed by atoms with van der Waals surface area (Å²) in [5, 5.41) is 2.70. The molecule has 4 aliphatic rings. The van der Waals surface area contributed by atoms with E-state index < -0.39 is 5.41 Å². The minimum atomic E-state index is -0.486. The Balaban J connectivity index is 1.24. The monoisotopic (exact) mass is 796 g/mol. The van der Waals surface area contributed by atoms with Crippen molar-refractivity contribution in [2.75, 3.05) is 4.90 Å². The Bertz CT molecular complexity index is 3410. The van der Waals surface area contributed by atoms with Crippen molar-refractivity contribution in [3.63, 3.8) is 0 Å². The molecule has 3 aliphatic heterocycles. The minimum Gasteiger partial charge on any atom is -0.375 e. The van der Waals surface area contributed by atoms with E-state index in [-0.39, 0.29) is 17.7 Å². The van der Waals surface area contributed by atoms with Gasteiger partial charge in [0.1, 0.15) is 0 Å². The van der Waals surface area contributed by atoms with Crippen molar-refractivity contribution in [2.45, 2.75) is 71.6 Å². The zero-order chi connectivity index (χ0) is 42.2. The Morgan fingerprint density at radius 3 is 1.79 bits per heavy atom. The van der Waals surface area contributed by atoms with E-state index in [1.807, 2.05) is 0 Å². The molecule has 0 saturated heterocycles. The molecule has 62 heavy (non-hydrogen) atoms. The largest absolute Gasteiger partial charge is 0.375 e. The number of fused-ring (bicyclic) bond motifs is 16. The highest BCUT2D eigenvalue weighted by atomic mass is 15.2. The van der Waals surface area contributed by atoms with Gasteiger partial charge >= 0.3 is 6.85 Å². The highest BCUT2D eigenvalue weighted by molar-refractivity contribution is 6.90. The first kappa shape index (κ1) is 36.1. The van der Waals surface area contributed by atoms with Crippen molar-refractivity contribution in [3.8, 4) is 33.4 Å². The van der Waals surface area contributed by atoms with Gasteiger partial charge in [-0.05, 0) is 150 Å². The Morgan fingerprint density at radius 2 is 1.10 bits per heavy atom. The average molecular weight is 797 g/mol. The van der Waals surface area contributed by atoms with Gasteiger partial charge < -0.3 is 9.38 Å². The van der Waals surface area contributed by atoms with Crippen LogP contribution in [0.3, 0.4) is 0 Å². The molecular weight excluding hydrogens is 747 g/mol. The van der Waals surface area contributed by atoms with Gasteiger partial charge in [-0.15, -0.1) is 0 Å². The van der Waals surface area contributed by atoms with E-state index in [4.69, 9.17) is 0 Å². The maximum Gasteiger partial charge on any atom is 0.333 e. The molecule has 1 aliphatic carbocycles. The number of benzene rings is 8. The van der Waals surface area contributed by atoms with Gasteiger partial charge in [-0.1, -0.05) is 151 Å². The third kappa shape index (κ3) is 4.36. The fourth-order valence-corrected chi connectivity index (χ4v) is 12.4. The van der Waals surface area contributed by atoms with E-state index in [1.54, 1.807) is 0 Å². The fraction of sp³-hybridized carbons (Fsp3) is 0.186. The third-order valence-electron chi connectivity index (χ3n) is 15.1. The molecule has 0 bridgehead atoms. The van der Waals surface area contributed by atoms with E-state index in [1.165, 1.54) is 128 Å². The lowest BCUT2D eigenvalue weighted by atomic mass is 9.43. The molecular formula is C59H49BN2. The second-order valence-electron chi connectivity index (χ2n) is 20.6. The molecule has 8 aromatic carbocycles. The third-order valence-corrected chi connectivity index (χ3v) is 15.1. The first-order valence-electron chi connectivity index (χ1n) is 22.5. The molecule has 298 valence electrons. The van der Waals surface area contributed by atoms with Crippen LogP contribution in [0.25, 0.3) is 55.2 Å². The van der Waals surface area contributed by atoms with Crippen LogP contribution in [0, 0.1) is 13.8 Å². The van der Waals surface area contributed by atoms with Crippen LogP contribution in [0.1, 0.15) is 86.1 Å². The van der Waals surface area contributed by atoms with Crippen LogP contribution in [0.5, 0.6) is 0 Å². The maximum atomic E-state index is 2.75. The smallest absolute Gasteiger partial charge is 0.333 e. The standard InChI is InChI=1S/C59H49BN2/c1-34-17-15-18-35(2)53(34)36-29-42-44-33-38(58(6,7)8)32-43-41-31-37(57(3,4)5)27-28-50(41)62(55(43)44)60-49-25-16-24-48-56(49)61(52(30-36)54(42)60)51-26-14-13-23-47(51)59(48)45-21-11-9-19-39(45)40-20-10-12-22-46(40)59/h9-33H,1-8H3. The molecule has 1 aromatic heterocycles. The van der Waals surface area contributed by atoms with Crippen molar-refractivity contribution >= 4 is 56.6 Å². The first-order chi connectivity index (χ1) is 29.9. The number of anilines is 3. The Kier molecular flexibility index (Phi) is 6.91. The van der Waals surface area contributed by atoms with Gasteiger partial charge in [0.25, 0.3) is 0 Å². The van der Waals surface area contributed by atoms with Crippen LogP contribution >= 0.6 is 0 Å². The molecule has 0 N–H and O–H groups in total. The number of aryl methyl sites for hydroxylation is 2. The van der Waals surface area contributed by atoms with Crippen LogP contribution in [0.4, 0.5) is 17.1 Å². The summed E-state index contributed by atoms with van der Waals surface area (Å²) in [6, 6.07) is 59.2. The van der Waals surface area contributed by atoms with Gasteiger partial charge in [0.15, 0.2) is 0 Å². The molecule has 2 nitrogen and oxygen atoms in total. The summed E-state index contributed by atoms with van der Waals surface area (Å²) in [5.41, 5.74) is 27.4. The number of hydrogen-bond donors (Lipinski definition) is 0. The van der Waals surface area contributed by atoms with E-state index in [2.05, 4.69) is 216 Å². The SMILES string of the molecule is Cc1cccc(C)c1-c1cc2c3c(c1)N1c4ccccc4C4(c5ccccc5-c5ccccc54)c4cccc(c41)B3n1c3ccc(C(C)(C)C)cc3c3cc(C(C)(C)C)cc-2c31. The minimum absolute atomic E-state index is 0.0170. The highest BCUT2D eigenvalue weighted by Crippen LogP contribution is 2.64. The second-order valence-corrected chi connectivity index (χ2v) is 20.6. The van der Waals surface area contributed by atoms with E-state index >= 15 is 0 Å². The van der Waals surface area contributed by atoms with Crippen molar-refractivity contribution in [1.29, 1.82) is 0 Å². The lowest BCUT2D eigenvalue weighted by Gasteiger charge is -2.50. The first-order valence-corrected chi connectivity index (χ1v) is 22.5. The molecule has 1 spiro atoms. The Hall–Kier alpha value is -6.58. The maximum absolute atomic E-state index is 2.75. The molecule has 3 heteroatoms. The summed E-state index contributed by atoms with van der Waals surface area (Å²) in [6.07, 6.45) is 0. The van der Waals surface area contributed by atoms with Crippen molar-refractivity contribution in [1.82, 2.24) is 4.48 Å². The van der Waals surface area contributed by atoms with Crippen molar-refractivity contribution < 1.29 is 0 Å². The normalized spacial score (nSPS) is 14.8. The molecule has 0 radical (unpaired) electrons. The summed E-state index contributed by atoms with van der Waals surface area (Å²) in [7, 11) is 0. The summed E-state index contributed by atoms with van der Waals surface area (Å²) < 4.78 is 2.75. The fourth-order valence-electron chi connectivity index (χ4n) is 12.4. The van der Waals surface area contributed by atoms with Gasteiger partial charge in [0.05, 0.1) is 11.1 Å². The van der Waals surface area contributed by atoms with Crippen LogP contribution < -0.4 is 15.8 Å². The van der Waals surface area contributed by atoms with Crippen LogP contribution in [-0.2, 0) is 16.2 Å². The molecule has 0 atom stereocenters. The van der Waals surface area contributed by atoms with E-state index in [9.17, 15) is 0 Å². The van der Waals surface area contributed by atoms with Crippen LogP contribution in [0.2, 0.25) is 0 Å². The van der Waals surface area contributed by atoms with Crippen LogP contribution in [0.15, 0.2) is 152 Å². The van der Waals surface area contributed by atoms with Gasteiger partial charge in [-0.2, -0.15) is 0 Å². The number of aromatic nitrogens is 1. The van der Waals surface area contributed by atoms with Gasteiger partial charge in [-0.3, -0.25) is 0 Å². The lowest BCUT2D eigenvalue weighted by molar-refractivity contribution is 0.590. The molecule has 0 saturated carbocycles. The number of rotatable bonds is 1. The molecule has 0 unspecified atom stereocenters. The Labute approximate surface area is 365 Å². The summed E-state index contributed by atoms with van der Waals surface area (Å²) >= 11 is 0. The average Bonchev–Trinajstić information content (AvgIpc) is 3.74. The zero-order valence-electron chi connectivity index (χ0n) is 36.9. The summed E-state index contributed by atoms with van der Waals surface area (Å²) in [6.45, 7) is 18.6. The topological polar surface area (TPSA) is 8.17 Å². The van der Waals surface area contributed by atoms with Gasteiger partial charge in [0, 0.05) is 38.7 Å². The van der Waals surface area contributed by atoms with E-state index in [0.717, 1.165) is 0 Å². The Morgan fingerprint density at radius 1 is 0.484 bits per heavy atom. The number of hydrogen-bond acceptors (Lipinski definition) is 1. The predicted octanol–water partition coefficient (Wildman–Crippen LogP) is 13.8. The van der Waals surface area contributed by atoms with E-state index in [0.29, 0.717) is 0 Å². The van der Waals surface area contributed by atoms with Crippen molar-refractivity contribution in [2.24, 2.45) is 0 Å². The van der Waals surface area contributed by atoms with Gasteiger partial charge in [0.2, 0.25) is 0 Å². The summed E-state index contributed by atoms with van der Waals surface area (Å²) in [4.78, 5) is 2.68. The molecule has 9 aromatic rings. The highest BCUT2D eigenvalue weighted by Gasteiger charge is 2.55. The molecule has 0 amide bonds. The predicted molar refractivity (Wildman–Crippen MR) is 263 cm³/mol. The van der Waals surface area contributed by atoms with Gasteiger partial charge in [-0.25, -0.2) is 0 Å². The molecule has 4 heterocycles. The number of para-hydroxylation sites is 2. The quantitative estimate of drug-likeness (QED) is 0.150. The number of nitrogens with zero attached hydrogens (tertiary/aromatic N) is 2. The zero-order valence-corrected chi connectivity index (χ0v) is 36.9. The van der Waals surface area contributed by atoms with Crippen molar-refractivity contribution in [3.05, 3.63) is 196 Å².